The summed E-state index contributed by atoms with van der Waals surface area (Å²) in [4.78, 5) is 36.2. The lowest BCUT2D eigenvalue weighted by Crippen LogP contribution is -2.23. The van der Waals surface area contributed by atoms with E-state index < -0.39 is 0 Å². The maximum Gasteiger partial charge on any atom is 0.329 e. The largest absolute Gasteiger partial charge is 0.450 e. The third-order valence-corrected chi connectivity index (χ3v) is 11.6. The van der Waals surface area contributed by atoms with Crippen LogP contribution in [0.3, 0.4) is 0 Å². The molecule has 0 amide bonds. The Morgan fingerprint density at radius 1 is 0.545 bits per heavy atom. The summed E-state index contributed by atoms with van der Waals surface area (Å²) in [5.41, 5.74) is 3.30. The predicted molar refractivity (Wildman–Crippen MR) is 184 cm³/mol. The highest BCUT2D eigenvalue weighted by Crippen LogP contribution is 2.53. The molecule has 0 N–H and O–H groups in total. The molecule has 0 spiro atoms. The summed E-state index contributed by atoms with van der Waals surface area (Å²) >= 11 is 28.8. The smallest absolute Gasteiger partial charge is 0.329 e. The first kappa shape index (κ1) is 30.5. The van der Waals surface area contributed by atoms with E-state index >= 15 is 0 Å². The molecule has 2 aliphatic rings. The van der Waals surface area contributed by atoms with E-state index in [9.17, 15) is 9.59 Å². The Labute approximate surface area is 292 Å². The van der Waals surface area contributed by atoms with Gasteiger partial charge in [-0.25, -0.2) is 19.6 Å². The number of fused-ring (bicyclic) bond motifs is 6. The first-order chi connectivity index (χ1) is 21.0. The van der Waals surface area contributed by atoms with E-state index in [4.69, 9.17) is 42.7 Å². The van der Waals surface area contributed by atoms with Gasteiger partial charge in [0.1, 0.15) is 32.1 Å². The minimum Gasteiger partial charge on any atom is -0.450 e. The van der Waals surface area contributed by atoms with Crippen molar-refractivity contribution in [1.82, 2.24) is 18.3 Å². The zero-order valence-electron chi connectivity index (χ0n) is 23.4. The Morgan fingerprint density at radius 3 is 1.14 bits per heavy atom. The van der Waals surface area contributed by atoms with Gasteiger partial charge in [0, 0.05) is 26.2 Å². The van der Waals surface area contributed by atoms with Gasteiger partial charge in [-0.05, 0) is 91.4 Å². The highest BCUT2D eigenvalue weighted by Gasteiger charge is 2.34. The van der Waals surface area contributed by atoms with E-state index in [-0.39, 0.29) is 43.6 Å². The number of hydrogen-bond donors (Lipinski definition) is 0. The first-order valence-electron chi connectivity index (χ1n) is 13.6. The molecule has 7 rings (SSSR count). The Bertz CT molecular complexity index is 2240. The van der Waals surface area contributed by atoms with E-state index in [1.807, 2.05) is 27.7 Å². The quantitative estimate of drug-likeness (QED) is 0.177. The van der Waals surface area contributed by atoms with Crippen LogP contribution < -0.4 is 31.6 Å². The molecule has 10 nitrogen and oxygen atoms in total. The number of ether oxygens (including phenoxy) is 2. The highest BCUT2D eigenvalue weighted by atomic mass is 79.9. The molecule has 0 bridgehead atoms. The van der Waals surface area contributed by atoms with Crippen molar-refractivity contribution in [3.8, 4) is 23.0 Å². The fraction of sp³-hybridized carbons (Fsp3) is 0.286. The van der Waals surface area contributed by atoms with E-state index in [2.05, 4.69) is 63.7 Å². The lowest BCUT2D eigenvalue weighted by molar-refractivity contribution is 0.448. The topological polar surface area (TPSA) is 97.0 Å². The van der Waals surface area contributed by atoms with Crippen molar-refractivity contribution in [2.75, 3.05) is 0 Å². The summed E-state index contributed by atoms with van der Waals surface area (Å²) < 4.78 is 21.9. The average Bonchev–Trinajstić information content (AvgIpc) is 3.49. The molecule has 0 atom stereocenters. The van der Waals surface area contributed by atoms with Gasteiger partial charge in [-0.3, -0.25) is 18.3 Å². The lowest BCUT2D eigenvalue weighted by Gasteiger charge is -2.23. The number of nitrogens with zero attached hydrogens (tertiary/aromatic N) is 6. The molecule has 3 aromatic carbocycles. The Morgan fingerprint density at radius 2 is 0.841 bits per heavy atom. The van der Waals surface area contributed by atoms with Crippen LogP contribution in [0, 0.1) is 0 Å². The summed E-state index contributed by atoms with van der Waals surface area (Å²) in [6, 6.07) is 0. The van der Waals surface area contributed by atoms with Crippen molar-refractivity contribution in [2.45, 2.75) is 53.9 Å². The lowest BCUT2D eigenvalue weighted by atomic mass is 10.2. The number of rotatable bonds is 4. The second-order valence-corrected chi connectivity index (χ2v) is 13.9. The second-order valence-electron chi connectivity index (χ2n) is 9.96. The van der Waals surface area contributed by atoms with Crippen LogP contribution in [-0.4, -0.2) is 18.3 Å². The fourth-order valence-corrected chi connectivity index (χ4v) is 9.11. The molecular formula is C28H20Br4Cl2N6O4. The highest BCUT2D eigenvalue weighted by molar-refractivity contribution is 9.11. The van der Waals surface area contributed by atoms with Gasteiger partial charge in [-0.2, -0.15) is 0 Å². The molecule has 228 valence electrons. The van der Waals surface area contributed by atoms with Crippen LogP contribution in [0.2, 0.25) is 10.0 Å². The molecule has 16 heteroatoms. The molecule has 2 aromatic heterocycles. The summed E-state index contributed by atoms with van der Waals surface area (Å²) in [6.45, 7) is 9.48. The molecular weight excluding hydrogens is 875 g/mol. The third-order valence-electron chi connectivity index (χ3n) is 7.89. The van der Waals surface area contributed by atoms with Gasteiger partial charge >= 0.3 is 11.4 Å². The maximum absolute atomic E-state index is 13.2. The number of imidazole rings is 2. The fourth-order valence-electron chi connectivity index (χ4n) is 5.92. The van der Waals surface area contributed by atoms with Crippen LogP contribution in [0.25, 0.3) is 22.1 Å². The molecule has 0 aliphatic carbocycles. The summed E-state index contributed by atoms with van der Waals surface area (Å²) in [5.74, 6) is 1.15. The Kier molecular flexibility index (Phi) is 7.45. The third kappa shape index (κ3) is 3.81. The van der Waals surface area contributed by atoms with Crippen LogP contribution in [0.15, 0.2) is 37.5 Å². The summed E-state index contributed by atoms with van der Waals surface area (Å²) in [6.07, 6.45) is 0. The number of halogens is 6. The predicted octanol–water partition coefficient (Wildman–Crippen LogP) is 8.47. The normalized spacial score (nSPS) is 13.1. The van der Waals surface area contributed by atoms with E-state index in [0.717, 1.165) is 0 Å². The van der Waals surface area contributed by atoms with Crippen molar-refractivity contribution in [1.29, 1.82) is 0 Å². The van der Waals surface area contributed by atoms with Crippen LogP contribution in [0.5, 0.6) is 23.0 Å². The van der Waals surface area contributed by atoms with Gasteiger partial charge in [0.2, 0.25) is 0 Å². The molecule has 4 heterocycles. The van der Waals surface area contributed by atoms with Gasteiger partial charge in [0.25, 0.3) is 0 Å². The van der Waals surface area contributed by atoms with Crippen molar-refractivity contribution in [2.24, 2.45) is 9.98 Å². The van der Waals surface area contributed by atoms with Gasteiger partial charge in [0.05, 0.1) is 40.0 Å². The maximum atomic E-state index is 13.2. The van der Waals surface area contributed by atoms with E-state index in [1.165, 1.54) is 0 Å². The van der Waals surface area contributed by atoms with Crippen LogP contribution in [0.4, 0.5) is 11.4 Å². The number of benzene rings is 3. The van der Waals surface area contributed by atoms with Gasteiger partial charge in [-0.1, -0.05) is 23.2 Å². The molecule has 0 saturated carbocycles. The number of aryl methyl sites for hydroxylation is 4. The van der Waals surface area contributed by atoms with Gasteiger partial charge in [0.15, 0.2) is 23.0 Å². The van der Waals surface area contributed by atoms with Gasteiger partial charge in [-0.15, -0.1) is 0 Å². The zero-order chi connectivity index (χ0) is 31.5. The van der Waals surface area contributed by atoms with Crippen LogP contribution >= 0.6 is 86.9 Å². The first-order valence-corrected chi connectivity index (χ1v) is 17.6. The van der Waals surface area contributed by atoms with Crippen LogP contribution in [0.1, 0.15) is 27.7 Å². The van der Waals surface area contributed by atoms with Crippen molar-refractivity contribution < 1.29 is 9.47 Å². The minimum atomic E-state index is -0.143. The summed E-state index contributed by atoms with van der Waals surface area (Å²) in [7, 11) is 0. The van der Waals surface area contributed by atoms with Gasteiger partial charge < -0.3 is 9.47 Å². The molecule has 2 aliphatic heterocycles. The second kappa shape index (κ2) is 10.7. The minimum absolute atomic E-state index is 0.142. The molecule has 0 saturated heterocycles. The van der Waals surface area contributed by atoms with Crippen molar-refractivity contribution >= 4 is 120 Å². The standard InChI is InChI=1S/C28H20Br4Cl2N6O4/c1-5-37-19-9(29)15-23(11(31)21(19)39(7-3)27(37)41)43-25-14(34)18-26(13(33)17(25)35-15)44-24-12(32)22-20(10(30)16(24)36-18)38(6-2)28(42)40(22)8-4/h5-8H2,1-4H3. The van der Waals surface area contributed by atoms with Crippen molar-refractivity contribution in [3.05, 3.63) is 59.6 Å². The molecule has 0 fully saturated rings. The van der Waals surface area contributed by atoms with E-state index in [0.29, 0.717) is 89.0 Å². The number of hydrogen-bond acceptors (Lipinski definition) is 6. The molecule has 44 heavy (non-hydrogen) atoms. The monoisotopic (exact) mass is 890 g/mol. The average molecular weight is 895 g/mol. The molecule has 5 aromatic rings. The molecule has 0 unspecified atom stereocenters. The Balaban J connectivity index is 1.55. The van der Waals surface area contributed by atoms with E-state index in [1.54, 1.807) is 18.3 Å². The zero-order valence-corrected chi connectivity index (χ0v) is 31.3. The van der Waals surface area contributed by atoms with Crippen LogP contribution in [-0.2, 0) is 26.2 Å². The Hall–Kier alpha value is -2.10. The SMILES string of the molecule is CCn1c(=O)n(CC)c2c(Br)c3c(c(Br)c21)N=c1c(Cl)c2c(c(Cl)c1O3)=Nc1c(c(Br)c3c(c1Br)n(CC)c(=O)n3CC)O2. The van der Waals surface area contributed by atoms with Crippen molar-refractivity contribution in [3.63, 3.8) is 0 Å². The summed E-state index contributed by atoms with van der Waals surface area (Å²) in [5, 5.41) is 0.799. The number of aromatic nitrogens is 4. The molecule has 0 radical (unpaired) electrons.